The summed E-state index contributed by atoms with van der Waals surface area (Å²) >= 11 is 5.90. The Hall–Kier alpha value is -0.530. The molecule has 0 amide bonds. The smallest absolute Gasteiger partial charge is 0.0406 e. The lowest BCUT2D eigenvalue weighted by atomic mass is 9.70. The van der Waals surface area contributed by atoms with Gasteiger partial charge in [-0.2, -0.15) is 0 Å². The Morgan fingerprint density at radius 3 is 2.58 bits per heavy atom. The largest absolute Gasteiger partial charge is 0.313 e. The average molecular weight is 280 g/mol. The van der Waals surface area contributed by atoms with Crippen molar-refractivity contribution in [3.05, 3.63) is 34.9 Å². The highest BCUT2D eigenvalue weighted by Gasteiger charge is 2.31. The molecule has 1 N–H and O–H groups in total. The molecule has 2 rings (SSSR count). The van der Waals surface area contributed by atoms with Gasteiger partial charge in [-0.05, 0) is 61.3 Å². The Morgan fingerprint density at radius 1 is 1.26 bits per heavy atom. The number of halogens is 1. The molecule has 0 aromatic heterocycles. The van der Waals surface area contributed by atoms with E-state index in [0.29, 0.717) is 11.5 Å². The molecule has 0 saturated heterocycles. The molecular weight excluding hydrogens is 254 g/mol. The van der Waals surface area contributed by atoms with Gasteiger partial charge < -0.3 is 5.32 Å². The van der Waals surface area contributed by atoms with Crippen LogP contribution in [0.3, 0.4) is 0 Å². The molecule has 2 unspecified atom stereocenters. The molecule has 2 atom stereocenters. The lowest BCUT2D eigenvalue weighted by molar-refractivity contribution is 0.149. The van der Waals surface area contributed by atoms with Crippen LogP contribution in [0.25, 0.3) is 0 Å². The predicted octanol–water partition coefficient (Wildman–Crippen LogP) is 4.69. The van der Waals surface area contributed by atoms with Crippen LogP contribution in [0.5, 0.6) is 0 Å². The first-order chi connectivity index (χ1) is 8.96. The second-order valence-electron chi connectivity index (χ2n) is 6.82. The Morgan fingerprint density at radius 2 is 1.95 bits per heavy atom. The Kier molecular flexibility index (Phi) is 4.92. The van der Waals surface area contributed by atoms with E-state index in [1.807, 2.05) is 12.1 Å². The third-order valence-corrected chi connectivity index (χ3v) is 4.68. The van der Waals surface area contributed by atoms with E-state index in [9.17, 15) is 0 Å². The van der Waals surface area contributed by atoms with Crippen molar-refractivity contribution >= 4 is 11.6 Å². The number of benzene rings is 1. The van der Waals surface area contributed by atoms with E-state index in [-0.39, 0.29) is 0 Å². The number of rotatable bonds is 4. The van der Waals surface area contributed by atoms with E-state index < -0.39 is 0 Å². The van der Waals surface area contributed by atoms with Crippen LogP contribution in [0.1, 0.15) is 45.6 Å². The summed E-state index contributed by atoms with van der Waals surface area (Å²) in [6.07, 6.45) is 5.08. The second-order valence-corrected chi connectivity index (χ2v) is 7.26. The first-order valence-electron chi connectivity index (χ1n) is 7.44. The summed E-state index contributed by atoms with van der Waals surface area (Å²) in [6.45, 7) is 8.25. The van der Waals surface area contributed by atoms with Crippen molar-refractivity contribution < 1.29 is 0 Å². The summed E-state index contributed by atoms with van der Waals surface area (Å²) in [6, 6.07) is 8.89. The van der Waals surface area contributed by atoms with Crippen molar-refractivity contribution in [2.45, 2.75) is 52.5 Å². The summed E-state index contributed by atoms with van der Waals surface area (Å²) in [4.78, 5) is 0. The van der Waals surface area contributed by atoms with Gasteiger partial charge in [0.05, 0.1) is 0 Å². The SMILES string of the molecule is CC1CC(C)(C)CCC1NCCc1ccc(Cl)cc1. The molecular formula is C17H26ClN. The minimum Gasteiger partial charge on any atom is -0.313 e. The molecule has 0 aliphatic heterocycles. The van der Waals surface area contributed by atoms with Crippen molar-refractivity contribution in [3.8, 4) is 0 Å². The molecule has 0 heterocycles. The fourth-order valence-corrected chi connectivity index (χ4v) is 3.43. The van der Waals surface area contributed by atoms with Crippen molar-refractivity contribution in [2.24, 2.45) is 11.3 Å². The highest BCUT2D eigenvalue weighted by molar-refractivity contribution is 6.30. The number of hydrogen-bond acceptors (Lipinski definition) is 1. The molecule has 0 spiro atoms. The lowest BCUT2D eigenvalue weighted by Gasteiger charge is -2.39. The molecule has 1 fully saturated rings. The van der Waals surface area contributed by atoms with Gasteiger partial charge in [-0.3, -0.25) is 0 Å². The molecule has 2 heteroatoms. The van der Waals surface area contributed by atoms with Gasteiger partial charge in [-0.25, -0.2) is 0 Å². The predicted molar refractivity (Wildman–Crippen MR) is 83.7 cm³/mol. The summed E-state index contributed by atoms with van der Waals surface area (Å²) in [5.74, 6) is 0.786. The number of hydrogen-bond donors (Lipinski definition) is 1. The van der Waals surface area contributed by atoms with Crippen LogP contribution in [0.4, 0.5) is 0 Å². The third kappa shape index (κ3) is 4.50. The first kappa shape index (κ1) is 14.9. The highest BCUT2D eigenvalue weighted by Crippen LogP contribution is 2.38. The average Bonchev–Trinajstić information content (AvgIpc) is 2.34. The van der Waals surface area contributed by atoms with E-state index >= 15 is 0 Å². The molecule has 1 aliphatic rings. The van der Waals surface area contributed by atoms with Gasteiger partial charge in [-0.15, -0.1) is 0 Å². The molecule has 1 saturated carbocycles. The molecule has 1 aromatic rings. The van der Waals surface area contributed by atoms with Crippen molar-refractivity contribution in [1.82, 2.24) is 5.32 Å². The van der Waals surface area contributed by atoms with Gasteiger partial charge >= 0.3 is 0 Å². The maximum Gasteiger partial charge on any atom is 0.0406 e. The van der Waals surface area contributed by atoms with Crippen LogP contribution in [-0.2, 0) is 6.42 Å². The summed E-state index contributed by atoms with van der Waals surface area (Å²) in [5.41, 5.74) is 1.90. The molecule has 0 radical (unpaired) electrons. The van der Waals surface area contributed by atoms with Crippen LogP contribution >= 0.6 is 11.6 Å². The van der Waals surface area contributed by atoms with Gasteiger partial charge in [0, 0.05) is 11.1 Å². The van der Waals surface area contributed by atoms with Crippen molar-refractivity contribution in [3.63, 3.8) is 0 Å². The van der Waals surface area contributed by atoms with E-state index in [4.69, 9.17) is 11.6 Å². The van der Waals surface area contributed by atoms with Gasteiger partial charge in [0.2, 0.25) is 0 Å². The van der Waals surface area contributed by atoms with Crippen LogP contribution in [0.15, 0.2) is 24.3 Å². The van der Waals surface area contributed by atoms with Gasteiger partial charge in [-0.1, -0.05) is 44.5 Å². The van der Waals surface area contributed by atoms with Crippen LogP contribution in [-0.4, -0.2) is 12.6 Å². The molecule has 1 nitrogen and oxygen atoms in total. The van der Waals surface area contributed by atoms with Crippen LogP contribution < -0.4 is 5.32 Å². The fraction of sp³-hybridized carbons (Fsp3) is 0.647. The molecule has 19 heavy (non-hydrogen) atoms. The zero-order chi connectivity index (χ0) is 13.9. The van der Waals surface area contributed by atoms with E-state index in [0.717, 1.165) is 23.9 Å². The quantitative estimate of drug-likeness (QED) is 0.843. The monoisotopic (exact) mass is 279 g/mol. The van der Waals surface area contributed by atoms with E-state index in [1.54, 1.807) is 0 Å². The zero-order valence-corrected chi connectivity index (χ0v) is 13.1. The van der Waals surface area contributed by atoms with E-state index in [2.05, 4.69) is 38.2 Å². The fourth-order valence-electron chi connectivity index (χ4n) is 3.30. The lowest BCUT2D eigenvalue weighted by Crippen LogP contribution is -2.42. The Labute approximate surface area is 122 Å². The maximum absolute atomic E-state index is 5.90. The number of nitrogens with one attached hydrogen (secondary N) is 1. The minimum atomic E-state index is 0.535. The topological polar surface area (TPSA) is 12.0 Å². The Bertz CT molecular complexity index is 396. The third-order valence-electron chi connectivity index (χ3n) is 4.43. The van der Waals surface area contributed by atoms with Crippen molar-refractivity contribution in [1.29, 1.82) is 0 Å². The molecule has 1 aromatic carbocycles. The van der Waals surface area contributed by atoms with Crippen molar-refractivity contribution in [2.75, 3.05) is 6.54 Å². The van der Waals surface area contributed by atoms with Gasteiger partial charge in [0.15, 0.2) is 0 Å². The normalized spacial score (nSPS) is 26.3. The molecule has 0 bridgehead atoms. The summed E-state index contributed by atoms with van der Waals surface area (Å²) < 4.78 is 0. The highest BCUT2D eigenvalue weighted by atomic mass is 35.5. The molecule has 1 aliphatic carbocycles. The first-order valence-corrected chi connectivity index (χ1v) is 7.82. The standard InChI is InChI=1S/C17H26ClN/c1-13-12-17(2,3)10-8-16(13)19-11-9-14-4-6-15(18)7-5-14/h4-7,13,16,19H,8-12H2,1-3H3. The van der Waals surface area contributed by atoms with Gasteiger partial charge in [0.25, 0.3) is 0 Å². The molecule has 106 valence electrons. The van der Waals surface area contributed by atoms with Gasteiger partial charge in [0.1, 0.15) is 0 Å². The van der Waals surface area contributed by atoms with Crippen LogP contribution in [0, 0.1) is 11.3 Å². The summed E-state index contributed by atoms with van der Waals surface area (Å²) in [5, 5.41) is 4.56. The maximum atomic E-state index is 5.90. The Balaban J connectivity index is 1.75. The zero-order valence-electron chi connectivity index (χ0n) is 12.4. The summed E-state index contributed by atoms with van der Waals surface area (Å²) in [7, 11) is 0. The van der Waals surface area contributed by atoms with Crippen LogP contribution in [0.2, 0.25) is 5.02 Å². The van der Waals surface area contributed by atoms with E-state index in [1.165, 1.54) is 24.8 Å². The second kappa shape index (κ2) is 6.28. The minimum absolute atomic E-state index is 0.535.